The largest absolute Gasteiger partial charge is 0.438 e. The Morgan fingerprint density at radius 3 is 2.11 bits per heavy atom. The first-order valence-electron chi connectivity index (χ1n) is 4.56. The van der Waals surface area contributed by atoms with Crippen LogP contribution in [0.15, 0.2) is 23.2 Å². The number of amides is 1. The lowest BCUT2D eigenvalue weighted by Gasteiger charge is -2.28. The van der Waals surface area contributed by atoms with Crippen LogP contribution in [0.5, 0.6) is 0 Å². The molecule has 2 rings (SSSR count). The molecule has 0 aliphatic carbocycles. The smallest absolute Gasteiger partial charge is 0.421 e. The molecule has 0 N–H and O–H groups in total. The minimum Gasteiger partial charge on any atom is -0.421 e. The summed E-state index contributed by atoms with van der Waals surface area (Å²) in [5.74, 6) is 0. The van der Waals surface area contributed by atoms with Crippen LogP contribution in [0.25, 0.3) is 0 Å². The quantitative estimate of drug-likeness (QED) is 0.786. The van der Waals surface area contributed by atoms with Gasteiger partial charge >= 0.3 is 12.3 Å². The normalized spacial score (nSPS) is 23.3. The van der Waals surface area contributed by atoms with Crippen molar-refractivity contribution in [3.63, 3.8) is 0 Å². The fraction of sp³-hybridized carbons (Fsp3) is 0.200. The van der Waals surface area contributed by atoms with Gasteiger partial charge in [-0.05, 0) is 18.2 Å². The molecule has 1 amide bonds. The Kier molecular flexibility index (Phi) is 3.03. The van der Waals surface area contributed by atoms with Gasteiger partial charge in [0.15, 0.2) is 0 Å². The fourth-order valence-corrected chi connectivity index (χ4v) is 2.06. The second-order valence-electron chi connectivity index (χ2n) is 3.52. The van der Waals surface area contributed by atoms with E-state index < -0.39 is 23.4 Å². The molecular formula is C10H4Cl2F3NO2. The van der Waals surface area contributed by atoms with E-state index in [-0.39, 0.29) is 10.0 Å². The average Bonchev–Trinajstić information content (AvgIpc) is 2.59. The Morgan fingerprint density at radius 2 is 1.72 bits per heavy atom. The van der Waals surface area contributed by atoms with Crippen molar-refractivity contribution < 1.29 is 22.7 Å². The summed E-state index contributed by atoms with van der Waals surface area (Å²) < 4.78 is 43.6. The van der Waals surface area contributed by atoms with Crippen LogP contribution in [0.3, 0.4) is 0 Å². The number of nitrogens with zero attached hydrogens (tertiary/aromatic N) is 1. The van der Waals surface area contributed by atoms with Crippen LogP contribution in [-0.4, -0.2) is 18.5 Å². The maximum absolute atomic E-state index is 13.1. The van der Waals surface area contributed by atoms with Crippen LogP contribution in [0.2, 0.25) is 10.0 Å². The monoisotopic (exact) mass is 297 g/mol. The molecule has 1 heterocycles. The van der Waals surface area contributed by atoms with Gasteiger partial charge in [-0.2, -0.15) is 18.2 Å². The van der Waals surface area contributed by atoms with Crippen molar-refractivity contribution in [1.29, 1.82) is 0 Å². The minimum absolute atomic E-state index is 0.00234. The first kappa shape index (κ1) is 13.2. The lowest BCUT2D eigenvalue weighted by molar-refractivity contribution is -0.228. The molecule has 0 saturated carbocycles. The summed E-state index contributed by atoms with van der Waals surface area (Å²) in [6.45, 7) is 0. The molecule has 1 aliphatic rings. The molecular weight excluding hydrogens is 294 g/mol. The predicted molar refractivity (Wildman–Crippen MR) is 59.2 cm³/mol. The van der Waals surface area contributed by atoms with Crippen molar-refractivity contribution in [1.82, 2.24) is 0 Å². The van der Waals surface area contributed by atoms with Crippen molar-refractivity contribution in [2.24, 2.45) is 4.99 Å². The Balaban J connectivity index is 2.62. The SMILES string of the molecule is O=C1N=CC(c2cc(Cl)cc(Cl)c2)(C(F)(F)F)O1. The molecule has 18 heavy (non-hydrogen) atoms. The second-order valence-corrected chi connectivity index (χ2v) is 4.39. The second kappa shape index (κ2) is 4.13. The van der Waals surface area contributed by atoms with Crippen molar-refractivity contribution in [3.05, 3.63) is 33.8 Å². The van der Waals surface area contributed by atoms with E-state index in [1.807, 2.05) is 0 Å². The van der Waals surface area contributed by atoms with Gasteiger partial charge in [-0.1, -0.05) is 23.2 Å². The van der Waals surface area contributed by atoms with Crippen LogP contribution in [-0.2, 0) is 10.3 Å². The number of ether oxygens (including phenoxy) is 1. The Morgan fingerprint density at radius 1 is 1.17 bits per heavy atom. The van der Waals surface area contributed by atoms with Gasteiger partial charge in [0.25, 0.3) is 5.60 Å². The Bertz CT molecular complexity index is 524. The molecule has 8 heteroatoms. The third kappa shape index (κ3) is 2.06. The van der Waals surface area contributed by atoms with E-state index >= 15 is 0 Å². The van der Waals surface area contributed by atoms with Gasteiger partial charge in [-0.25, -0.2) is 4.79 Å². The maximum Gasteiger partial charge on any atom is 0.438 e. The molecule has 0 bridgehead atoms. The number of halogens is 5. The molecule has 0 fully saturated rings. The number of aliphatic imine (C=N–C) groups is 1. The third-order valence-corrected chi connectivity index (χ3v) is 2.75. The first-order chi connectivity index (χ1) is 8.24. The number of hydrogen-bond donors (Lipinski definition) is 0. The lowest BCUT2D eigenvalue weighted by Crippen LogP contribution is -2.44. The summed E-state index contributed by atoms with van der Waals surface area (Å²) in [6, 6.07) is 3.31. The van der Waals surface area contributed by atoms with Crippen molar-refractivity contribution in [2.45, 2.75) is 11.8 Å². The van der Waals surface area contributed by atoms with Crippen molar-refractivity contribution >= 4 is 35.5 Å². The van der Waals surface area contributed by atoms with E-state index in [2.05, 4.69) is 9.73 Å². The summed E-state index contributed by atoms with van der Waals surface area (Å²) in [4.78, 5) is 13.9. The van der Waals surface area contributed by atoms with E-state index in [1.54, 1.807) is 0 Å². The van der Waals surface area contributed by atoms with Gasteiger partial charge in [0.2, 0.25) is 0 Å². The zero-order chi connectivity index (χ0) is 13.6. The number of hydrogen-bond acceptors (Lipinski definition) is 2. The van der Waals surface area contributed by atoms with E-state index in [4.69, 9.17) is 23.2 Å². The molecule has 0 saturated heterocycles. The highest BCUT2D eigenvalue weighted by atomic mass is 35.5. The minimum atomic E-state index is -4.86. The molecule has 1 aromatic carbocycles. The molecule has 0 aromatic heterocycles. The van der Waals surface area contributed by atoms with Gasteiger partial charge in [0.1, 0.15) is 0 Å². The summed E-state index contributed by atoms with van der Waals surface area (Å²) in [6.07, 6.45) is -5.78. The van der Waals surface area contributed by atoms with Gasteiger partial charge in [-0.3, -0.25) is 0 Å². The van der Waals surface area contributed by atoms with Crippen LogP contribution in [0, 0.1) is 0 Å². The summed E-state index contributed by atoms with van der Waals surface area (Å²) in [5.41, 5.74) is -3.33. The number of rotatable bonds is 1. The number of cyclic esters (lactones) is 1. The number of carbonyl (C=O) groups excluding carboxylic acids is 1. The van der Waals surface area contributed by atoms with E-state index in [9.17, 15) is 18.0 Å². The molecule has 0 spiro atoms. The molecule has 1 aliphatic heterocycles. The van der Waals surface area contributed by atoms with Crippen LogP contribution >= 0.6 is 23.2 Å². The standard InChI is InChI=1S/C10H4Cl2F3NO2/c11-6-1-5(2-7(12)3-6)9(10(13,14)15)4-16-8(17)18-9/h1-4H. The lowest BCUT2D eigenvalue weighted by atomic mass is 9.94. The highest BCUT2D eigenvalue weighted by Gasteiger charge is 2.61. The van der Waals surface area contributed by atoms with Gasteiger partial charge < -0.3 is 4.74 Å². The molecule has 1 atom stereocenters. The molecule has 96 valence electrons. The predicted octanol–water partition coefficient (Wildman–Crippen LogP) is 3.97. The average molecular weight is 298 g/mol. The molecule has 1 aromatic rings. The van der Waals surface area contributed by atoms with Gasteiger partial charge in [0.05, 0.1) is 6.21 Å². The zero-order valence-electron chi connectivity index (χ0n) is 8.46. The summed E-state index contributed by atoms with van der Waals surface area (Å²) >= 11 is 11.3. The molecule has 0 radical (unpaired) electrons. The van der Waals surface area contributed by atoms with E-state index in [1.165, 1.54) is 6.07 Å². The first-order valence-corrected chi connectivity index (χ1v) is 5.32. The van der Waals surface area contributed by atoms with Gasteiger partial charge in [0, 0.05) is 15.6 Å². The topological polar surface area (TPSA) is 38.7 Å². The van der Waals surface area contributed by atoms with Crippen LogP contribution in [0.4, 0.5) is 18.0 Å². The fourth-order valence-electron chi connectivity index (χ4n) is 1.53. The van der Waals surface area contributed by atoms with Crippen LogP contribution in [0.1, 0.15) is 5.56 Å². The number of benzene rings is 1. The highest BCUT2D eigenvalue weighted by Crippen LogP contribution is 2.44. The third-order valence-electron chi connectivity index (χ3n) is 2.31. The highest BCUT2D eigenvalue weighted by molar-refractivity contribution is 6.34. The number of alkyl halides is 3. The zero-order valence-corrected chi connectivity index (χ0v) is 9.97. The summed E-state index contributed by atoms with van der Waals surface area (Å²) in [7, 11) is 0. The molecule has 1 unspecified atom stereocenters. The van der Waals surface area contributed by atoms with Crippen molar-refractivity contribution in [3.8, 4) is 0 Å². The Hall–Kier alpha value is -1.27. The molecule has 3 nitrogen and oxygen atoms in total. The maximum atomic E-state index is 13.1. The van der Waals surface area contributed by atoms with Crippen LogP contribution < -0.4 is 0 Å². The van der Waals surface area contributed by atoms with E-state index in [0.29, 0.717) is 6.21 Å². The van der Waals surface area contributed by atoms with Crippen molar-refractivity contribution in [2.75, 3.05) is 0 Å². The van der Waals surface area contributed by atoms with Gasteiger partial charge in [-0.15, -0.1) is 0 Å². The Labute approximate surface area is 109 Å². The summed E-state index contributed by atoms with van der Waals surface area (Å²) in [5, 5.41) is -0.00468. The van der Waals surface area contributed by atoms with E-state index in [0.717, 1.165) is 12.1 Å². The number of carbonyl (C=O) groups is 1.